The van der Waals surface area contributed by atoms with Crippen LogP contribution >= 0.6 is 12.2 Å². The maximum atomic E-state index is 12.4. The van der Waals surface area contributed by atoms with Gasteiger partial charge in [-0.25, -0.2) is 0 Å². The molecule has 1 fully saturated rings. The van der Waals surface area contributed by atoms with Crippen LogP contribution in [0.4, 0.5) is 0 Å². The zero-order valence-corrected chi connectivity index (χ0v) is 17.0. The Balaban J connectivity index is 1.82. The van der Waals surface area contributed by atoms with E-state index in [0.29, 0.717) is 55.7 Å². The molecular formula is C20H28N2O4S. The summed E-state index contributed by atoms with van der Waals surface area (Å²) < 4.78 is 10.7. The second-order valence-electron chi connectivity index (χ2n) is 7.00. The van der Waals surface area contributed by atoms with Gasteiger partial charge in [-0.2, -0.15) is 0 Å². The third-order valence-corrected chi connectivity index (χ3v) is 4.68. The Labute approximate surface area is 166 Å². The third kappa shape index (κ3) is 6.50. The third-order valence-electron chi connectivity index (χ3n) is 4.32. The molecule has 2 rings (SSSR count). The van der Waals surface area contributed by atoms with Gasteiger partial charge >= 0.3 is 5.97 Å². The first-order chi connectivity index (χ1) is 12.9. The maximum absolute atomic E-state index is 12.4. The van der Waals surface area contributed by atoms with E-state index in [1.165, 1.54) is 0 Å². The molecule has 7 heteroatoms. The van der Waals surface area contributed by atoms with Gasteiger partial charge in [0.1, 0.15) is 5.75 Å². The van der Waals surface area contributed by atoms with Gasteiger partial charge in [0.2, 0.25) is 0 Å². The monoisotopic (exact) mass is 392 g/mol. The standard InChI is InChI=1S/C20H28N2O4S/c1-4-25-19(24)16-9-11-22(12-10-16)20(27)21-18(23)15-5-7-17(8-6-15)26-13-14(2)3/h5-8,14,16H,4,9-13H2,1-3H3,(H,21,23,27). The van der Waals surface area contributed by atoms with E-state index in [4.69, 9.17) is 21.7 Å². The largest absolute Gasteiger partial charge is 0.493 e. The molecule has 6 nitrogen and oxygen atoms in total. The van der Waals surface area contributed by atoms with Gasteiger partial charge in [-0.3, -0.25) is 14.9 Å². The van der Waals surface area contributed by atoms with Crippen molar-refractivity contribution in [2.45, 2.75) is 33.6 Å². The number of benzene rings is 1. The number of rotatable bonds is 6. The lowest BCUT2D eigenvalue weighted by molar-refractivity contribution is -0.149. The summed E-state index contributed by atoms with van der Waals surface area (Å²) in [5.74, 6) is 0.704. The van der Waals surface area contributed by atoms with Gasteiger partial charge < -0.3 is 14.4 Å². The minimum Gasteiger partial charge on any atom is -0.493 e. The summed E-state index contributed by atoms with van der Waals surface area (Å²) in [6.07, 6.45) is 1.35. The Bertz CT molecular complexity index is 652. The van der Waals surface area contributed by atoms with E-state index < -0.39 is 0 Å². The van der Waals surface area contributed by atoms with Crippen molar-refractivity contribution in [3.63, 3.8) is 0 Å². The topological polar surface area (TPSA) is 67.9 Å². The molecule has 1 amide bonds. The zero-order chi connectivity index (χ0) is 19.8. The fraction of sp³-hybridized carbons (Fsp3) is 0.550. The van der Waals surface area contributed by atoms with Gasteiger partial charge in [0.05, 0.1) is 19.1 Å². The molecule has 0 radical (unpaired) electrons. The first kappa shape index (κ1) is 21.2. The lowest BCUT2D eigenvalue weighted by Crippen LogP contribution is -2.47. The highest BCUT2D eigenvalue weighted by atomic mass is 32.1. The van der Waals surface area contributed by atoms with Crippen LogP contribution in [0.5, 0.6) is 5.75 Å². The Morgan fingerprint density at radius 2 is 1.85 bits per heavy atom. The SMILES string of the molecule is CCOC(=O)C1CCN(C(=S)NC(=O)c2ccc(OCC(C)C)cc2)CC1. The van der Waals surface area contributed by atoms with Crippen molar-refractivity contribution in [2.75, 3.05) is 26.3 Å². The molecule has 1 aliphatic rings. The highest BCUT2D eigenvalue weighted by Crippen LogP contribution is 2.19. The number of thiocarbonyl (C=S) groups is 1. The minimum absolute atomic E-state index is 0.0851. The summed E-state index contributed by atoms with van der Waals surface area (Å²) in [7, 11) is 0. The predicted octanol–water partition coefficient (Wildman–Crippen LogP) is 3.01. The van der Waals surface area contributed by atoms with Crippen LogP contribution in [0.25, 0.3) is 0 Å². The molecule has 27 heavy (non-hydrogen) atoms. The fourth-order valence-corrected chi connectivity index (χ4v) is 3.07. The van der Waals surface area contributed by atoms with E-state index in [2.05, 4.69) is 19.2 Å². The van der Waals surface area contributed by atoms with Crippen LogP contribution in [0.1, 0.15) is 44.0 Å². The van der Waals surface area contributed by atoms with E-state index in [0.717, 1.165) is 5.75 Å². The van der Waals surface area contributed by atoms with Crippen LogP contribution in [-0.2, 0) is 9.53 Å². The molecule has 1 aromatic rings. The van der Waals surface area contributed by atoms with Gasteiger partial charge in [0.15, 0.2) is 5.11 Å². The number of carbonyl (C=O) groups excluding carboxylic acids is 2. The number of hydrogen-bond donors (Lipinski definition) is 1. The van der Waals surface area contributed by atoms with Crippen molar-refractivity contribution in [3.05, 3.63) is 29.8 Å². The van der Waals surface area contributed by atoms with Gasteiger partial charge in [0, 0.05) is 18.7 Å². The second kappa shape index (κ2) is 10.3. The molecule has 1 aromatic carbocycles. The molecule has 0 spiro atoms. The predicted molar refractivity (Wildman–Crippen MR) is 108 cm³/mol. The van der Waals surface area contributed by atoms with E-state index >= 15 is 0 Å². The van der Waals surface area contributed by atoms with E-state index in [1.54, 1.807) is 31.2 Å². The van der Waals surface area contributed by atoms with Gasteiger partial charge in [-0.15, -0.1) is 0 Å². The van der Waals surface area contributed by atoms with Crippen LogP contribution in [-0.4, -0.2) is 48.2 Å². The van der Waals surface area contributed by atoms with E-state index in [-0.39, 0.29) is 17.8 Å². The molecule has 0 bridgehead atoms. The molecule has 0 unspecified atom stereocenters. The minimum atomic E-state index is -0.247. The molecule has 0 aromatic heterocycles. The summed E-state index contributed by atoms with van der Waals surface area (Å²) in [5.41, 5.74) is 0.524. The number of carbonyl (C=O) groups is 2. The van der Waals surface area contributed by atoms with Gasteiger partial charge in [-0.1, -0.05) is 13.8 Å². The molecular weight excluding hydrogens is 364 g/mol. The molecule has 0 atom stereocenters. The molecule has 1 heterocycles. The van der Waals surface area contributed by atoms with Crippen LogP contribution < -0.4 is 10.1 Å². The zero-order valence-electron chi connectivity index (χ0n) is 16.2. The number of nitrogens with zero attached hydrogens (tertiary/aromatic N) is 1. The molecule has 1 saturated heterocycles. The molecule has 1 N–H and O–H groups in total. The smallest absolute Gasteiger partial charge is 0.309 e. The quantitative estimate of drug-likeness (QED) is 0.593. The second-order valence-corrected chi connectivity index (χ2v) is 7.39. The number of piperidine rings is 1. The summed E-state index contributed by atoms with van der Waals surface area (Å²) in [6.45, 7) is 8.26. The van der Waals surface area contributed by atoms with Crippen molar-refractivity contribution in [2.24, 2.45) is 11.8 Å². The number of likely N-dealkylation sites (tertiary alicyclic amines) is 1. The molecule has 148 valence electrons. The van der Waals surface area contributed by atoms with Crippen LogP contribution in [0, 0.1) is 11.8 Å². The Morgan fingerprint density at radius 1 is 1.22 bits per heavy atom. The highest BCUT2D eigenvalue weighted by molar-refractivity contribution is 7.80. The first-order valence-corrected chi connectivity index (χ1v) is 9.81. The number of hydrogen-bond acceptors (Lipinski definition) is 5. The van der Waals surface area contributed by atoms with Gasteiger partial charge in [-0.05, 0) is 62.2 Å². The molecule has 0 saturated carbocycles. The summed E-state index contributed by atoms with van der Waals surface area (Å²) in [5, 5.41) is 3.16. The Hall–Kier alpha value is -2.15. The van der Waals surface area contributed by atoms with Crippen LogP contribution in [0.15, 0.2) is 24.3 Å². The Kier molecular flexibility index (Phi) is 8.03. The van der Waals surface area contributed by atoms with Crippen LogP contribution in [0.2, 0.25) is 0 Å². The summed E-state index contributed by atoms with van der Waals surface area (Å²) >= 11 is 5.35. The van der Waals surface area contributed by atoms with Crippen LogP contribution in [0.3, 0.4) is 0 Å². The first-order valence-electron chi connectivity index (χ1n) is 9.40. The molecule has 1 aliphatic heterocycles. The number of ether oxygens (including phenoxy) is 2. The lowest BCUT2D eigenvalue weighted by Gasteiger charge is -2.32. The normalized spacial score (nSPS) is 14.7. The van der Waals surface area contributed by atoms with E-state index in [9.17, 15) is 9.59 Å². The number of nitrogens with one attached hydrogen (secondary N) is 1. The number of esters is 1. The van der Waals surface area contributed by atoms with Crippen molar-refractivity contribution in [3.8, 4) is 5.75 Å². The molecule has 0 aliphatic carbocycles. The average molecular weight is 393 g/mol. The van der Waals surface area contributed by atoms with E-state index in [1.807, 2.05) is 4.90 Å². The fourth-order valence-electron chi connectivity index (χ4n) is 2.79. The summed E-state index contributed by atoms with van der Waals surface area (Å²) in [6, 6.07) is 7.01. The average Bonchev–Trinajstić information content (AvgIpc) is 2.67. The van der Waals surface area contributed by atoms with Gasteiger partial charge in [0.25, 0.3) is 5.91 Å². The van der Waals surface area contributed by atoms with Crippen molar-refractivity contribution in [1.82, 2.24) is 10.2 Å². The van der Waals surface area contributed by atoms with Crippen molar-refractivity contribution in [1.29, 1.82) is 0 Å². The maximum Gasteiger partial charge on any atom is 0.309 e. The van der Waals surface area contributed by atoms with Crippen molar-refractivity contribution < 1.29 is 19.1 Å². The number of amides is 1. The van der Waals surface area contributed by atoms with Crippen molar-refractivity contribution >= 4 is 29.2 Å². The lowest BCUT2D eigenvalue weighted by atomic mass is 9.97. The highest BCUT2D eigenvalue weighted by Gasteiger charge is 2.27. The summed E-state index contributed by atoms with van der Waals surface area (Å²) in [4.78, 5) is 26.1. The Morgan fingerprint density at radius 3 is 2.41 bits per heavy atom.